The summed E-state index contributed by atoms with van der Waals surface area (Å²) >= 11 is 5.84. The van der Waals surface area contributed by atoms with Crippen LogP contribution in [0.1, 0.15) is 11.3 Å². The van der Waals surface area contributed by atoms with Crippen molar-refractivity contribution in [2.45, 2.75) is 20.4 Å². The van der Waals surface area contributed by atoms with Crippen molar-refractivity contribution in [3.05, 3.63) is 44.6 Å². The minimum atomic E-state index is -0.687. The third-order valence-corrected chi connectivity index (χ3v) is 3.65. The lowest BCUT2D eigenvalue weighted by atomic mass is 10.2. The van der Waals surface area contributed by atoms with E-state index in [0.29, 0.717) is 17.1 Å². The molecule has 0 saturated heterocycles. The summed E-state index contributed by atoms with van der Waals surface area (Å²) in [6.07, 6.45) is 0. The van der Waals surface area contributed by atoms with Crippen LogP contribution in [-0.2, 0) is 11.3 Å². The van der Waals surface area contributed by atoms with Crippen molar-refractivity contribution in [2.75, 3.05) is 12.4 Å². The van der Waals surface area contributed by atoms with E-state index in [-0.39, 0.29) is 11.6 Å². The highest BCUT2D eigenvalue weighted by Crippen LogP contribution is 2.27. The molecular weight excluding hydrogens is 324 g/mol. The van der Waals surface area contributed by atoms with Gasteiger partial charge in [0.25, 0.3) is 0 Å². The minimum absolute atomic E-state index is 0.0732. The van der Waals surface area contributed by atoms with Gasteiger partial charge in [0.1, 0.15) is 12.3 Å². The molecule has 2 aromatic rings. The Hall–Kier alpha value is -2.61. The van der Waals surface area contributed by atoms with Gasteiger partial charge in [-0.05, 0) is 36.5 Å². The number of nitrogens with zero attached hydrogens (tertiary/aromatic N) is 3. The Labute approximate surface area is 137 Å². The molecule has 0 radical (unpaired) electrons. The van der Waals surface area contributed by atoms with E-state index in [1.165, 1.54) is 11.8 Å². The van der Waals surface area contributed by atoms with Crippen LogP contribution in [0, 0.1) is 24.0 Å². The molecule has 8 nitrogen and oxygen atoms in total. The molecule has 23 heavy (non-hydrogen) atoms. The van der Waals surface area contributed by atoms with Gasteiger partial charge in [0, 0.05) is 0 Å². The van der Waals surface area contributed by atoms with Crippen molar-refractivity contribution in [1.29, 1.82) is 0 Å². The minimum Gasteiger partial charge on any atom is -0.495 e. The zero-order valence-corrected chi connectivity index (χ0v) is 13.5. The molecule has 1 N–H and O–H groups in total. The Morgan fingerprint density at radius 2 is 2.17 bits per heavy atom. The second kappa shape index (κ2) is 6.66. The molecule has 1 heterocycles. The monoisotopic (exact) mass is 338 g/mol. The van der Waals surface area contributed by atoms with Crippen LogP contribution in [0.15, 0.2) is 18.2 Å². The van der Waals surface area contributed by atoms with Crippen molar-refractivity contribution < 1.29 is 14.5 Å². The van der Waals surface area contributed by atoms with Gasteiger partial charge < -0.3 is 20.2 Å². The van der Waals surface area contributed by atoms with Crippen molar-refractivity contribution in [3.8, 4) is 5.75 Å². The second-order valence-electron chi connectivity index (χ2n) is 4.89. The van der Waals surface area contributed by atoms with Gasteiger partial charge in [-0.2, -0.15) is 4.68 Å². The zero-order chi connectivity index (χ0) is 17.1. The standard InChI is InChI=1S/C14H15ClN4O4/c1-8-4-5-11(23-3)10(6-8)16-12(20)7-18-9(2)13(15)14(17-18)19(21)22/h4-6H,7H2,1-3H3,(H,16,20). The number of carbonyl (C=O) groups is 1. The quantitative estimate of drug-likeness (QED) is 0.667. The number of hydrogen-bond donors (Lipinski definition) is 1. The van der Waals surface area contributed by atoms with Crippen LogP contribution in [-0.4, -0.2) is 27.7 Å². The van der Waals surface area contributed by atoms with E-state index in [2.05, 4.69) is 10.4 Å². The Morgan fingerprint density at radius 3 is 2.74 bits per heavy atom. The van der Waals surface area contributed by atoms with Crippen LogP contribution in [0.2, 0.25) is 5.02 Å². The topological polar surface area (TPSA) is 99.3 Å². The molecule has 0 saturated carbocycles. The molecule has 0 aliphatic rings. The van der Waals surface area contributed by atoms with E-state index in [1.807, 2.05) is 13.0 Å². The number of rotatable bonds is 5. The summed E-state index contributed by atoms with van der Waals surface area (Å²) in [4.78, 5) is 22.3. The number of carbonyl (C=O) groups excluding carboxylic acids is 1. The highest BCUT2D eigenvalue weighted by molar-refractivity contribution is 6.33. The molecule has 1 aromatic heterocycles. The number of benzene rings is 1. The van der Waals surface area contributed by atoms with Gasteiger partial charge in [0.15, 0.2) is 5.02 Å². The van der Waals surface area contributed by atoms with Crippen LogP contribution >= 0.6 is 11.6 Å². The number of nitrogens with one attached hydrogen (secondary N) is 1. The molecule has 0 spiro atoms. The Morgan fingerprint density at radius 1 is 1.48 bits per heavy atom. The first-order valence-corrected chi connectivity index (χ1v) is 7.03. The fourth-order valence-electron chi connectivity index (χ4n) is 2.02. The molecule has 122 valence electrons. The normalized spacial score (nSPS) is 10.4. The van der Waals surface area contributed by atoms with Crippen LogP contribution in [0.25, 0.3) is 0 Å². The SMILES string of the molecule is COc1ccc(C)cc1NC(=O)Cn1nc([N+](=O)[O-])c(Cl)c1C. The van der Waals surface area contributed by atoms with E-state index >= 15 is 0 Å². The van der Waals surface area contributed by atoms with Crippen LogP contribution in [0.4, 0.5) is 11.5 Å². The number of hydrogen-bond acceptors (Lipinski definition) is 5. The largest absolute Gasteiger partial charge is 0.495 e. The Kier molecular flexibility index (Phi) is 4.85. The number of halogens is 1. The van der Waals surface area contributed by atoms with Gasteiger partial charge >= 0.3 is 5.82 Å². The summed E-state index contributed by atoms with van der Waals surface area (Å²) in [5.41, 5.74) is 1.82. The molecule has 0 aliphatic heterocycles. The Balaban J connectivity index is 2.19. The average molecular weight is 339 g/mol. The van der Waals surface area contributed by atoms with Gasteiger partial charge in [-0.1, -0.05) is 17.7 Å². The molecule has 0 unspecified atom stereocenters. The smallest absolute Gasteiger partial charge is 0.408 e. The van der Waals surface area contributed by atoms with E-state index < -0.39 is 16.6 Å². The van der Waals surface area contributed by atoms with Gasteiger partial charge in [-0.15, -0.1) is 0 Å². The summed E-state index contributed by atoms with van der Waals surface area (Å²) in [5, 5.41) is 17.2. The molecule has 9 heteroatoms. The zero-order valence-electron chi connectivity index (χ0n) is 12.8. The van der Waals surface area contributed by atoms with E-state index in [1.54, 1.807) is 19.1 Å². The predicted octanol–water partition coefficient (Wildman–Crippen LogP) is 2.71. The summed E-state index contributed by atoms with van der Waals surface area (Å²) in [6, 6.07) is 5.36. The third-order valence-electron chi connectivity index (χ3n) is 3.21. The molecule has 0 fully saturated rings. The third kappa shape index (κ3) is 3.59. The van der Waals surface area contributed by atoms with E-state index in [9.17, 15) is 14.9 Å². The Bertz CT molecular complexity index is 772. The molecule has 2 rings (SSSR count). The number of aryl methyl sites for hydroxylation is 1. The summed E-state index contributed by atoms with van der Waals surface area (Å²) in [5.74, 6) is -0.346. The van der Waals surface area contributed by atoms with Crippen molar-refractivity contribution >= 4 is 29.0 Å². The van der Waals surface area contributed by atoms with Crippen LogP contribution in [0.3, 0.4) is 0 Å². The molecule has 0 aliphatic carbocycles. The van der Waals surface area contributed by atoms with Crippen molar-refractivity contribution in [3.63, 3.8) is 0 Å². The highest BCUT2D eigenvalue weighted by Gasteiger charge is 2.25. The van der Waals surface area contributed by atoms with E-state index in [4.69, 9.17) is 16.3 Å². The van der Waals surface area contributed by atoms with Crippen molar-refractivity contribution in [1.82, 2.24) is 9.78 Å². The first kappa shape index (κ1) is 16.8. The first-order chi connectivity index (χ1) is 10.8. The molecule has 1 aromatic carbocycles. The van der Waals surface area contributed by atoms with Gasteiger partial charge in [0.05, 0.1) is 23.6 Å². The van der Waals surface area contributed by atoms with E-state index in [0.717, 1.165) is 5.56 Å². The summed E-state index contributed by atoms with van der Waals surface area (Å²) in [6.45, 7) is 3.25. The highest BCUT2D eigenvalue weighted by atomic mass is 35.5. The molecule has 1 amide bonds. The summed E-state index contributed by atoms with van der Waals surface area (Å²) in [7, 11) is 1.50. The van der Waals surface area contributed by atoms with Crippen LogP contribution in [0.5, 0.6) is 5.75 Å². The molecular formula is C14H15ClN4O4. The fourth-order valence-corrected chi connectivity index (χ4v) is 2.23. The number of amides is 1. The number of methoxy groups -OCH3 is 1. The molecule has 0 bridgehead atoms. The average Bonchev–Trinajstić information content (AvgIpc) is 2.76. The van der Waals surface area contributed by atoms with Crippen LogP contribution < -0.4 is 10.1 Å². The number of aromatic nitrogens is 2. The summed E-state index contributed by atoms with van der Waals surface area (Å²) < 4.78 is 6.37. The van der Waals surface area contributed by atoms with Gasteiger partial charge in [0.2, 0.25) is 5.91 Å². The maximum absolute atomic E-state index is 12.2. The van der Waals surface area contributed by atoms with Crippen molar-refractivity contribution in [2.24, 2.45) is 0 Å². The maximum Gasteiger partial charge on any atom is 0.408 e. The number of anilines is 1. The van der Waals surface area contributed by atoms with Gasteiger partial charge in [-0.25, -0.2) is 0 Å². The predicted molar refractivity (Wildman–Crippen MR) is 85.0 cm³/mol. The number of ether oxygens (including phenoxy) is 1. The fraction of sp³-hybridized carbons (Fsp3) is 0.286. The first-order valence-electron chi connectivity index (χ1n) is 6.65. The lowest BCUT2D eigenvalue weighted by Gasteiger charge is -2.10. The second-order valence-corrected chi connectivity index (χ2v) is 5.27. The number of nitro groups is 1. The lowest BCUT2D eigenvalue weighted by molar-refractivity contribution is -0.389. The lowest BCUT2D eigenvalue weighted by Crippen LogP contribution is -2.20. The molecule has 0 atom stereocenters. The van der Waals surface area contributed by atoms with Gasteiger partial charge in [-0.3, -0.25) is 4.79 Å². The maximum atomic E-state index is 12.2.